The van der Waals surface area contributed by atoms with Crippen molar-refractivity contribution in [1.82, 2.24) is 0 Å². The van der Waals surface area contributed by atoms with Crippen LogP contribution in [0.15, 0.2) is 0 Å². The number of halogens is 1. The summed E-state index contributed by atoms with van der Waals surface area (Å²) < 4.78 is 9.76. The molecule has 0 bridgehead atoms. The van der Waals surface area contributed by atoms with Gasteiger partial charge in [0.05, 0.1) is 5.33 Å². The van der Waals surface area contributed by atoms with Gasteiger partial charge in [-0.25, -0.2) is 0 Å². The van der Waals surface area contributed by atoms with Gasteiger partial charge in [0.2, 0.25) is 5.79 Å². The Labute approximate surface area is 68.8 Å². The van der Waals surface area contributed by atoms with Crippen molar-refractivity contribution in [3.8, 4) is 0 Å². The number of hydrogen-bond acceptors (Lipinski definition) is 3. The van der Waals surface area contributed by atoms with Gasteiger partial charge in [-0.05, 0) is 0 Å². The van der Waals surface area contributed by atoms with Gasteiger partial charge in [0.15, 0.2) is 5.78 Å². The van der Waals surface area contributed by atoms with E-state index in [2.05, 4.69) is 15.9 Å². The first-order valence-corrected chi connectivity index (χ1v) is 3.92. The molecule has 0 aromatic heterocycles. The lowest BCUT2D eigenvalue weighted by molar-refractivity contribution is -0.194. The fraction of sp³-hybridized carbons (Fsp3) is 0.833. The Morgan fingerprint density at radius 2 is 1.90 bits per heavy atom. The first-order valence-electron chi connectivity index (χ1n) is 2.80. The van der Waals surface area contributed by atoms with Crippen LogP contribution in [-0.2, 0) is 14.3 Å². The molecule has 0 aliphatic heterocycles. The number of hydrogen-bond donors (Lipinski definition) is 0. The number of rotatable bonds is 4. The lowest BCUT2D eigenvalue weighted by Crippen LogP contribution is -2.42. The molecule has 10 heavy (non-hydrogen) atoms. The first-order chi connectivity index (χ1) is 4.63. The monoisotopic (exact) mass is 210 g/mol. The van der Waals surface area contributed by atoms with E-state index in [0.29, 0.717) is 5.33 Å². The second-order valence-electron chi connectivity index (χ2n) is 1.85. The summed E-state index contributed by atoms with van der Waals surface area (Å²) in [7, 11) is 2.87. The van der Waals surface area contributed by atoms with Gasteiger partial charge >= 0.3 is 0 Å². The molecule has 0 fully saturated rings. The summed E-state index contributed by atoms with van der Waals surface area (Å²) in [6.07, 6.45) is 0. The Morgan fingerprint density at radius 3 is 1.90 bits per heavy atom. The molecule has 4 heteroatoms. The van der Waals surface area contributed by atoms with Crippen LogP contribution in [0.2, 0.25) is 0 Å². The zero-order valence-electron chi connectivity index (χ0n) is 6.31. The summed E-state index contributed by atoms with van der Waals surface area (Å²) in [5.41, 5.74) is 0. The van der Waals surface area contributed by atoms with Gasteiger partial charge in [-0.3, -0.25) is 4.79 Å². The van der Waals surface area contributed by atoms with Crippen LogP contribution in [0.4, 0.5) is 0 Å². The molecule has 0 rings (SSSR count). The average Bonchev–Trinajstić information content (AvgIpc) is 1.92. The summed E-state index contributed by atoms with van der Waals surface area (Å²) in [6, 6.07) is 0. The van der Waals surface area contributed by atoms with E-state index >= 15 is 0 Å². The zero-order chi connectivity index (χ0) is 8.20. The second-order valence-corrected chi connectivity index (χ2v) is 2.41. The van der Waals surface area contributed by atoms with Crippen LogP contribution in [-0.4, -0.2) is 31.1 Å². The summed E-state index contributed by atoms with van der Waals surface area (Å²) in [4.78, 5) is 10.9. The summed E-state index contributed by atoms with van der Waals surface area (Å²) >= 11 is 3.12. The normalized spacial score (nSPS) is 11.6. The lowest BCUT2D eigenvalue weighted by Gasteiger charge is -2.25. The van der Waals surface area contributed by atoms with Crippen molar-refractivity contribution in [1.29, 1.82) is 0 Å². The van der Waals surface area contributed by atoms with Crippen molar-refractivity contribution in [3.05, 3.63) is 0 Å². The van der Waals surface area contributed by atoms with Gasteiger partial charge < -0.3 is 9.47 Å². The number of alkyl halides is 1. The third-order valence-corrected chi connectivity index (χ3v) is 2.11. The molecule has 0 radical (unpaired) electrons. The third-order valence-electron chi connectivity index (χ3n) is 1.37. The van der Waals surface area contributed by atoms with Gasteiger partial charge in [-0.1, -0.05) is 15.9 Å². The van der Waals surface area contributed by atoms with Crippen LogP contribution in [0.3, 0.4) is 0 Å². The summed E-state index contributed by atoms with van der Waals surface area (Å²) in [5.74, 6) is -1.24. The quantitative estimate of drug-likeness (QED) is 0.513. The molecule has 0 aromatic carbocycles. The second kappa shape index (κ2) is 4.05. The van der Waals surface area contributed by atoms with E-state index < -0.39 is 5.79 Å². The first kappa shape index (κ1) is 10.1. The van der Waals surface area contributed by atoms with Gasteiger partial charge in [-0.2, -0.15) is 0 Å². The van der Waals surface area contributed by atoms with Crippen LogP contribution in [0, 0.1) is 0 Å². The van der Waals surface area contributed by atoms with Crippen LogP contribution in [0.25, 0.3) is 0 Å². The highest BCUT2D eigenvalue weighted by Gasteiger charge is 2.33. The van der Waals surface area contributed by atoms with Crippen molar-refractivity contribution in [2.24, 2.45) is 0 Å². The Bertz CT molecular complexity index is 112. The van der Waals surface area contributed by atoms with Crippen molar-refractivity contribution in [2.45, 2.75) is 12.7 Å². The van der Waals surface area contributed by atoms with E-state index in [4.69, 9.17) is 9.47 Å². The van der Waals surface area contributed by atoms with Gasteiger partial charge in [0, 0.05) is 21.1 Å². The number of ether oxygens (including phenoxy) is 2. The highest BCUT2D eigenvalue weighted by atomic mass is 79.9. The summed E-state index contributed by atoms with van der Waals surface area (Å²) in [5, 5.41) is 0.350. The molecular weight excluding hydrogens is 200 g/mol. The van der Waals surface area contributed by atoms with E-state index in [-0.39, 0.29) is 5.78 Å². The number of Topliss-reactive ketones (excluding diaryl/α,β-unsaturated/α-hetero) is 1. The third kappa shape index (κ3) is 1.78. The van der Waals surface area contributed by atoms with Gasteiger partial charge in [0.1, 0.15) is 0 Å². The molecule has 0 atom stereocenters. The molecule has 0 aliphatic carbocycles. The molecular formula is C6H11BrO3. The van der Waals surface area contributed by atoms with Crippen LogP contribution >= 0.6 is 15.9 Å². The van der Waals surface area contributed by atoms with E-state index in [1.807, 2.05) is 0 Å². The Kier molecular flexibility index (Phi) is 4.08. The average molecular weight is 211 g/mol. The molecule has 0 heterocycles. The molecule has 60 valence electrons. The minimum Gasteiger partial charge on any atom is -0.346 e. The van der Waals surface area contributed by atoms with Crippen LogP contribution in [0.5, 0.6) is 0 Å². The maximum atomic E-state index is 10.9. The number of ketones is 1. The Balaban J connectivity index is 4.31. The fourth-order valence-electron chi connectivity index (χ4n) is 0.574. The predicted octanol–water partition coefficient (Wildman–Crippen LogP) is 0.959. The van der Waals surface area contributed by atoms with Crippen molar-refractivity contribution in [2.75, 3.05) is 19.5 Å². The standard InChI is InChI=1S/C6H11BrO3/c1-5(8)6(4-7,9-2)10-3/h4H2,1-3H3. The summed E-state index contributed by atoms with van der Waals surface area (Å²) in [6.45, 7) is 1.42. The zero-order valence-corrected chi connectivity index (χ0v) is 7.90. The van der Waals surface area contributed by atoms with Gasteiger partial charge in [-0.15, -0.1) is 0 Å². The van der Waals surface area contributed by atoms with E-state index in [0.717, 1.165) is 0 Å². The van der Waals surface area contributed by atoms with Gasteiger partial charge in [0.25, 0.3) is 0 Å². The highest BCUT2D eigenvalue weighted by molar-refractivity contribution is 9.09. The molecule has 0 aromatic rings. The lowest BCUT2D eigenvalue weighted by atomic mass is 10.2. The van der Waals surface area contributed by atoms with E-state index in [1.54, 1.807) is 0 Å². The Morgan fingerprint density at radius 1 is 1.50 bits per heavy atom. The smallest absolute Gasteiger partial charge is 0.238 e. The largest absolute Gasteiger partial charge is 0.346 e. The SMILES string of the molecule is COC(CBr)(OC)C(C)=O. The van der Waals surface area contributed by atoms with Crippen LogP contribution < -0.4 is 0 Å². The van der Waals surface area contributed by atoms with Crippen LogP contribution in [0.1, 0.15) is 6.92 Å². The van der Waals surface area contributed by atoms with Crippen molar-refractivity contribution in [3.63, 3.8) is 0 Å². The topological polar surface area (TPSA) is 35.5 Å². The number of carbonyl (C=O) groups excluding carboxylic acids is 1. The van der Waals surface area contributed by atoms with Crippen molar-refractivity contribution >= 4 is 21.7 Å². The maximum Gasteiger partial charge on any atom is 0.238 e. The van der Waals surface area contributed by atoms with Crippen molar-refractivity contribution < 1.29 is 14.3 Å². The van der Waals surface area contributed by atoms with E-state index in [9.17, 15) is 4.79 Å². The molecule has 0 amide bonds. The number of methoxy groups -OCH3 is 2. The fourth-order valence-corrected chi connectivity index (χ4v) is 1.43. The molecule has 0 aliphatic rings. The molecule has 0 unspecified atom stereocenters. The molecule has 0 spiro atoms. The predicted molar refractivity (Wildman–Crippen MR) is 41.2 cm³/mol. The molecule has 0 saturated carbocycles. The Hall–Kier alpha value is 0.0700. The molecule has 0 saturated heterocycles. The highest BCUT2D eigenvalue weighted by Crippen LogP contribution is 2.15. The van der Waals surface area contributed by atoms with E-state index in [1.165, 1.54) is 21.1 Å². The minimum absolute atomic E-state index is 0.144. The molecule has 3 nitrogen and oxygen atoms in total. The maximum absolute atomic E-state index is 10.9. The minimum atomic E-state index is -1.10. The number of carbonyl (C=O) groups is 1. The molecule has 0 N–H and O–H groups in total.